The molecule has 1 aromatic heterocycles. The first kappa shape index (κ1) is 23.1. The number of fused-ring (bicyclic) bond motifs is 5. The average molecular weight is 512 g/mol. The molecule has 0 saturated heterocycles. The zero-order valence-electron chi connectivity index (χ0n) is 19.3. The summed E-state index contributed by atoms with van der Waals surface area (Å²) in [5.41, 5.74) is 1.20. The molecule has 3 aromatic carbocycles. The van der Waals surface area contributed by atoms with Crippen molar-refractivity contribution < 1.29 is 45.9 Å². The third kappa shape index (κ3) is 3.89. The van der Waals surface area contributed by atoms with Gasteiger partial charge in [-0.3, -0.25) is 0 Å². The maximum atomic E-state index is 14.4. The molecule has 0 unspecified atom stereocenters. The molecule has 0 N–H and O–H groups in total. The molecule has 4 aromatic rings. The molecule has 0 amide bonds. The Morgan fingerprint density at radius 3 is 2.54 bits per heavy atom. The van der Waals surface area contributed by atoms with E-state index in [-0.39, 0.29) is 24.4 Å². The van der Waals surface area contributed by atoms with Gasteiger partial charge < -0.3 is 18.9 Å². The van der Waals surface area contributed by atoms with Crippen molar-refractivity contribution in [1.82, 2.24) is 0 Å². The quantitative estimate of drug-likeness (QED) is 0.158. The maximum Gasteiger partial charge on any atom is 0.416 e. The second-order valence-electron chi connectivity index (χ2n) is 8.65. The number of carbonyl (C=O) groups is 1. The molecule has 6 rings (SSSR count). The van der Waals surface area contributed by atoms with E-state index in [1.54, 1.807) is 12.1 Å². The number of nitrogens with zero attached hydrogens (tertiary/aromatic N) is 1. The number of aromatic nitrogens is 1. The van der Waals surface area contributed by atoms with Crippen LogP contribution in [0.4, 0.5) is 17.6 Å². The smallest absolute Gasteiger partial charge is 0.416 e. The largest absolute Gasteiger partial charge is 0.493 e. The number of esters is 1. The molecule has 188 valence electrons. The van der Waals surface area contributed by atoms with Crippen molar-refractivity contribution in [2.45, 2.75) is 19.1 Å². The van der Waals surface area contributed by atoms with Crippen molar-refractivity contribution in [2.75, 3.05) is 13.9 Å². The minimum absolute atomic E-state index is 0.0380. The molecule has 2 aliphatic rings. The number of hydrogen-bond acceptors (Lipinski definition) is 5. The lowest BCUT2D eigenvalue weighted by molar-refractivity contribution is -0.686. The monoisotopic (exact) mass is 512 g/mol. The lowest BCUT2D eigenvalue weighted by atomic mass is 9.95. The molecule has 2 aliphatic heterocycles. The summed E-state index contributed by atoms with van der Waals surface area (Å²) < 4.78 is 77.1. The summed E-state index contributed by atoms with van der Waals surface area (Å²) in [4.78, 5) is 12.8. The molecule has 10 heteroatoms. The first-order chi connectivity index (χ1) is 17.7. The van der Waals surface area contributed by atoms with Crippen molar-refractivity contribution in [3.8, 4) is 34.3 Å². The van der Waals surface area contributed by atoms with Gasteiger partial charge in [0.2, 0.25) is 12.5 Å². The second-order valence-corrected chi connectivity index (χ2v) is 8.65. The fourth-order valence-corrected chi connectivity index (χ4v) is 4.67. The highest BCUT2D eigenvalue weighted by Gasteiger charge is 2.33. The van der Waals surface area contributed by atoms with Gasteiger partial charge in [0.15, 0.2) is 35.7 Å². The summed E-state index contributed by atoms with van der Waals surface area (Å²) >= 11 is 0. The number of aryl methyl sites for hydroxylation is 2. The Morgan fingerprint density at radius 1 is 1.03 bits per heavy atom. The van der Waals surface area contributed by atoms with Crippen molar-refractivity contribution in [3.63, 3.8) is 0 Å². The summed E-state index contributed by atoms with van der Waals surface area (Å²) in [5.74, 6) is -0.846. The van der Waals surface area contributed by atoms with Crippen LogP contribution in [0.3, 0.4) is 0 Å². The van der Waals surface area contributed by atoms with E-state index in [1.165, 1.54) is 7.11 Å². The number of ether oxygens (including phenoxy) is 4. The van der Waals surface area contributed by atoms with E-state index in [4.69, 9.17) is 18.9 Å². The van der Waals surface area contributed by atoms with Crippen molar-refractivity contribution in [1.29, 1.82) is 0 Å². The number of carbonyl (C=O) groups excluding carboxylic acids is 1. The zero-order valence-corrected chi connectivity index (χ0v) is 19.3. The Balaban J connectivity index is 1.42. The van der Waals surface area contributed by atoms with Gasteiger partial charge in [-0.1, -0.05) is 0 Å². The van der Waals surface area contributed by atoms with Crippen LogP contribution < -0.4 is 23.5 Å². The first-order valence-electron chi connectivity index (χ1n) is 11.3. The first-order valence-corrected chi connectivity index (χ1v) is 11.3. The highest BCUT2D eigenvalue weighted by atomic mass is 19.4. The normalized spacial score (nSPS) is 13.8. The van der Waals surface area contributed by atoms with Crippen LogP contribution in [0.25, 0.3) is 22.0 Å². The molecule has 0 spiro atoms. The summed E-state index contributed by atoms with van der Waals surface area (Å²) in [6.07, 6.45) is -2.20. The van der Waals surface area contributed by atoms with Crippen LogP contribution in [-0.4, -0.2) is 19.9 Å². The molecule has 0 bridgehead atoms. The topological polar surface area (TPSA) is 57.9 Å². The number of pyridine rings is 1. The Morgan fingerprint density at radius 2 is 1.81 bits per heavy atom. The van der Waals surface area contributed by atoms with Gasteiger partial charge in [0.25, 0.3) is 0 Å². The Bertz CT molecular complexity index is 1600. The Hall–Kier alpha value is -4.34. The Labute approximate surface area is 207 Å². The zero-order chi connectivity index (χ0) is 25.9. The van der Waals surface area contributed by atoms with Crippen LogP contribution >= 0.6 is 0 Å². The molecule has 6 nitrogen and oxygen atoms in total. The standard InChI is InChI=1S/C27H18F4NO5/c1-34-22-5-2-14-8-21-18-11-24-23(35-13-36-24)9-15(18)6-7-32(21)12-19(14)25(22)37-26(33)17-4-3-16(10-20(17)28)27(29,30)31/h2-5,8-12H,6-7,13H2,1H3/q+1. The van der Waals surface area contributed by atoms with Gasteiger partial charge in [-0.25, -0.2) is 9.18 Å². The lowest BCUT2D eigenvalue weighted by Gasteiger charge is -2.17. The summed E-state index contributed by atoms with van der Waals surface area (Å²) in [6.45, 7) is 0.806. The fourth-order valence-electron chi connectivity index (χ4n) is 4.67. The minimum Gasteiger partial charge on any atom is -0.493 e. The molecule has 0 saturated carbocycles. The molecule has 3 heterocycles. The number of alkyl halides is 3. The summed E-state index contributed by atoms with van der Waals surface area (Å²) in [6, 6.07) is 10.9. The SMILES string of the molecule is COc1ccc2cc3[n+](cc2c1OC(=O)c1ccc(C(F)(F)F)cc1F)CCc1cc2c(cc1-3)OCO2. The molecule has 0 fully saturated rings. The van der Waals surface area contributed by atoms with E-state index >= 15 is 0 Å². The molecule has 0 radical (unpaired) electrons. The van der Waals surface area contributed by atoms with Gasteiger partial charge in [0, 0.05) is 12.5 Å². The molecular formula is C27H18F4NO5+. The van der Waals surface area contributed by atoms with E-state index in [1.807, 2.05) is 29.0 Å². The number of benzene rings is 3. The molecule has 0 aliphatic carbocycles. The number of methoxy groups -OCH3 is 1. The number of hydrogen-bond donors (Lipinski definition) is 0. The highest BCUT2D eigenvalue weighted by molar-refractivity contribution is 5.97. The lowest BCUT2D eigenvalue weighted by Crippen LogP contribution is -2.40. The summed E-state index contributed by atoms with van der Waals surface area (Å²) in [7, 11) is 1.39. The predicted octanol–water partition coefficient (Wildman–Crippen LogP) is 5.46. The van der Waals surface area contributed by atoms with Crippen LogP contribution in [0.1, 0.15) is 21.5 Å². The predicted molar refractivity (Wildman–Crippen MR) is 122 cm³/mol. The van der Waals surface area contributed by atoms with Crippen LogP contribution in [0.2, 0.25) is 0 Å². The molecule has 0 atom stereocenters. The Kier molecular flexibility index (Phi) is 5.22. The number of rotatable bonds is 3. The molecular weight excluding hydrogens is 494 g/mol. The highest BCUT2D eigenvalue weighted by Crippen LogP contribution is 2.42. The van der Waals surface area contributed by atoms with Gasteiger partial charge in [-0.15, -0.1) is 0 Å². The van der Waals surface area contributed by atoms with Gasteiger partial charge in [0.05, 0.1) is 29.2 Å². The van der Waals surface area contributed by atoms with Crippen LogP contribution in [0.15, 0.2) is 54.7 Å². The minimum atomic E-state index is -4.74. The van der Waals surface area contributed by atoms with E-state index < -0.39 is 29.1 Å². The third-order valence-electron chi connectivity index (χ3n) is 6.51. The van der Waals surface area contributed by atoms with Crippen molar-refractivity contribution in [3.05, 3.63) is 77.2 Å². The van der Waals surface area contributed by atoms with Crippen LogP contribution in [0.5, 0.6) is 23.0 Å². The second kappa shape index (κ2) is 8.36. The third-order valence-corrected chi connectivity index (χ3v) is 6.51. The van der Waals surface area contributed by atoms with Crippen molar-refractivity contribution in [2.24, 2.45) is 0 Å². The molecule has 37 heavy (non-hydrogen) atoms. The van der Waals surface area contributed by atoms with E-state index in [0.717, 1.165) is 29.3 Å². The average Bonchev–Trinajstić information content (AvgIpc) is 3.33. The fraction of sp³-hybridized carbons (Fsp3) is 0.185. The number of halogens is 4. The van der Waals surface area contributed by atoms with Gasteiger partial charge in [0.1, 0.15) is 5.82 Å². The van der Waals surface area contributed by atoms with Gasteiger partial charge >= 0.3 is 12.1 Å². The van der Waals surface area contributed by atoms with Gasteiger partial charge in [-0.2, -0.15) is 17.7 Å². The van der Waals surface area contributed by atoms with E-state index in [9.17, 15) is 22.4 Å². The van der Waals surface area contributed by atoms with Crippen molar-refractivity contribution >= 4 is 16.7 Å². The van der Waals surface area contributed by atoms with E-state index in [2.05, 4.69) is 0 Å². The summed E-state index contributed by atoms with van der Waals surface area (Å²) in [5, 5.41) is 1.24. The van der Waals surface area contributed by atoms with E-state index in [0.29, 0.717) is 34.9 Å². The van der Waals surface area contributed by atoms with Crippen LogP contribution in [0, 0.1) is 5.82 Å². The van der Waals surface area contributed by atoms with Crippen LogP contribution in [-0.2, 0) is 19.1 Å². The van der Waals surface area contributed by atoms with Gasteiger partial charge in [-0.05, 0) is 53.4 Å². The maximum absolute atomic E-state index is 14.4.